The molecule has 0 saturated carbocycles. The molecule has 1 atom stereocenters. The highest BCUT2D eigenvalue weighted by Gasteiger charge is 2.12. The number of nitrogens with zero attached hydrogens (tertiary/aromatic N) is 2. The van der Waals surface area contributed by atoms with Crippen molar-refractivity contribution in [2.75, 3.05) is 0 Å². The van der Waals surface area contributed by atoms with Crippen LogP contribution in [0.5, 0.6) is 0 Å². The van der Waals surface area contributed by atoms with E-state index in [-0.39, 0.29) is 6.04 Å². The van der Waals surface area contributed by atoms with Crippen molar-refractivity contribution in [1.29, 1.82) is 0 Å². The maximum atomic E-state index is 5.32. The molecule has 3 rings (SSSR count). The summed E-state index contributed by atoms with van der Waals surface area (Å²) >= 11 is 7.01. The van der Waals surface area contributed by atoms with Crippen molar-refractivity contribution in [3.8, 4) is 11.4 Å². The van der Waals surface area contributed by atoms with Crippen molar-refractivity contribution in [2.24, 2.45) is 0 Å². The third kappa shape index (κ3) is 4.07. The van der Waals surface area contributed by atoms with E-state index in [1.54, 1.807) is 0 Å². The van der Waals surface area contributed by atoms with E-state index in [1.807, 2.05) is 42.5 Å². The molecule has 0 aliphatic rings. The first kappa shape index (κ1) is 16.4. The molecule has 1 heterocycles. The van der Waals surface area contributed by atoms with Gasteiger partial charge in [0, 0.05) is 20.6 Å². The third-order valence-electron chi connectivity index (χ3n) is 3.48. The zero-order chi connectivity index (χ0) is 16.2. The van der Waals surface area contributed by atoms with Crippen LogP contribution in [0, 0.1) is 0 Å². The Morgan fingerprint density at radius 3 is 2.74 bits per heavy atom. The summed E-state index contributed by atoms with van der Waals surface area (Å²) in [5.41, 5.74) is 2.12. The number of rotatable bonds is 5. The average Bonchev–Trinajstić information content (AvgIpc) is 3.02. The van der Waals surface area contributed by atoms with Crippen molar-refractivity contribution in [3.63, 3.8) is 0 Å². The van der Waals surface area contributed by atoms with E-state index in [1.165, 1.54) is 5.56 Å². The van der Waals surface area contributed by atoms with Crippen LogP contribution in [0.1, 0.15) is 24.4 Å². The molecular formula is C17H15Br2N3O. The lowest BCUT2D eigenvalue weighted by atomic mass is 10.1. The van der Waals surface area contributed by atoms with Gasteiger partial charge < -0.3 is 9.84 Å². The van der Waals surface area contributed by atoms with E-state index >= 15 is 0 Å². The molecule has 0 aliphatic heterocycles. The molecule has 1 unspecified atom stereocenters. The number of nitrogens with one attached hydrogen (secondary N) is 1. The van der Waals surface area contributed by atoms with Gasteiger partial charge in [-0.15, -0.1) is 0 Å². The minimum absolute atomic E-state index is 0.173. The first-order valence-corrected chi connectivity index (χ1v) is 8.78. The molecule has 3 aromatic rings. The summed E-state index contributed by atoms with van der Waals surface area (Å²) in [5.74, 6) is 1.16. The minimum atomic E-state index is 0.173. The molecule has 0 spiro atoms. The Morgan fingerprint density at radius 1 is 1.13 bits per heavy atom. The molecule has 0 fully saturated rings. The summed E-state index contributed by atoms with van der Waals surface area (Å²) < 4.78 is 7.40. The lowest BCUT2D eigenvalue weighted by molar-refractivity contribution is 0.360. The van der Waals surface area contributed by atoms with Crippen LogP contribution in [0.15, 0.2) is 62.0 Å². The van der Waals surface area contributed by atoms with Crippen LogP contribution in [0.25, 0.3) is 11.4 Å². The van der Waals surface area contributed by atoms with Gasteiger partial charge in [-0.1, -0.05) is 67.3 Å². The first-order chi connectivity index (χ1) is 11.1. The summed E-state index contributed by atoms with van der Waals surface area (Å²) in [4.78, 5) is 4.44. The van der Waals surface area contributed by atoms with Crippen LogP contribution in [0.2, 0.25) is 0 Å². The molecule has 6 heteroatoms. The van der Waals surface area contributed by atoms with E-state index in [0.717, 1.165) is 14.5 Å². The largest absolute Gasteiger partial charge is 0.338 e. The molecule has 0 aliphatic carbocycles. The van der Waals surface area contributed by atoms with Crippen molar-refractivity contribution >= 4 is 31.9 Å². The topological polar surface area (TPSA) is 51.0 Å². The highest BCUT2D eigenvalue weighted by atomic mass is 79.9. The summed E-state index contributed by atoms with van der Waals surface area (Å²) in [6.45, 7) is 2.62. The van der Waals surface area contributed by atoms with Crippen molar-refractivity contribution in [3.05, 3.63) is 68.9 Å². The number of hydrogen-bond acceptors (Lipinski definition) is 4. The van der Waals surface area contributed by atoms with Crippen LogP contribution >= 0.6 is 31.9 Å². The maximum Gasteiger partial charge on any atom is 0.240 e. The number of hydrogen-bond donors (Lipinski definition) is 1. The van der Waals surface area contributed by atoms with Crippen LogP contribution in [0.3, 0.4) is 0 Å². The Kier molecular flexibility index (Phi) is 5.25. The Labute approximate surface area is 151 Å². The Hall–Kier alpha value is -1.50. The van der Waals surface area contributed by atoms with Gasteiger partial charge in [0.15, 0.2) is 0 Å². The normalized spacial score (nSPS) is 12.3. The molecule has 0 radical (unpaired) electrons. The fourth-order valence-electron chi connectivity index (χ4n) is 2.25. The van der Waals surface area contributed by atoms with Gasteiger partial charge in [0.1, 0.15) is 0 Å². The van der Waals surface area contributed by atoms with E-state index in [0.29, 0.717) is 18.3 Å². The molecule has 4 nitrogen and oxygen atoms in total. The zero-order valence-corrected chi connectivity index (χ0v) is 15.6. The SMILES string of the molecule is CC(NCc1nc(-c2cccc(Br)c2)no1)c1ccccc1Br. The molecule has 0 amide bonds. The van der Waals surface area contributed by atoms with Gasteiger partial charge >= 0.3 is 0 Å². The van der Waals surface area contributed by atoms with E-state index in [2.05, 4.69) is 60.3 Å². The summed E-state index contributed by atoms with van der Waals surface area (Å²) in [6, 6.07) is 16.1. The first-order valence-electron chi connectivity index (χ1n) is 7.20. The standard InChI is InChI=1S/C17H15Br2N3O/c1-11(14-7-2-3-8-15(14)19)20-10-16-21-17(22-23-16)12-5-4-6-13(18)9-12/h2-9,11,20H,10H2,1H3. The lowest BCUT2D eigenvalue weighted by Crippen LogP contribution is -2.18. The second-order valence-corrected chi connectivity index (χ2v) is 6.92. The molecule has 0 bridgehead atoms. The van der Waals surface area contributed by atoms with Crippen LogP contribution < -0.4 is 5.32 Å². The average molecular weight is 437 g/mol. The van der Waals surface area contributed by atoms with E-state index in [4.69, 9.17) is 4.52 Å². The van der Waals surface area contributed by atoms with Gasteiger partial charge in [0.2, 0.25) is 11.7 Å². The fraction of sp³-hybridized carbons (Fsp3) is 0.176. The van der Waals surface area contributed by atoms with Crippen LogP contribution in [0.4, 0.5) is 0 Å². The number of aromatic nitrogens is 2. The van der Waals surface area contributed by atoms with Crippen LogP contribution in [-0.4, -0.2) is 10.1 Å². The smallest absolute Gasteiger partial charge is 0.240 e. The fourth-order valence-corrected chi connectivity index (χ4v) is 3.28. The van der Waals surface area contributed by atoms with E-state index < -0.39 is 0 Å². The van der Waals surface area contributed by atoms with Gasteiger partial charge in [-0.25, -0.2) is 0 Å². The summed E-state index contributed by atoms with van der Waals surface area (Å²) in [7, 11) is 0. The summed E-state index contributed by atoms with van der Waals surface area (Å²) in [6.07, 6.45) is 0. The predicted octanol–water partition coefficient (Wildman–Crippen LogP) is 5.11. The second-order valence-electron chi connectivity index (χ2n) is 5.15. The van der Waals surface area contributed by atoms with Crippen LogP contribution in [-0.2, 0) is 6.54 Å². The number of halogens is 2. The van der Waals surface area contributed by atoms with Crippen molar-refractivity contribution in [2.45, 2.75) is 19.5 Å². The molecular weight excluding hydrogens is 422 g/mol. The predicted molar refractivity (Wildman–Crippen MR) is 96.8 cm³/mol. The van der Waals surface area contributed by atoms with Crippen molar-refractivity contribution < 1.29 is 4.52 Å². The highest BCUT2D eigenvalue weighted by Crippen LogP contribution is 2.23. The molecule has 2 aromatic carbocycles. The molecule has 1 N–H and O–H groups in total. The van der Waals surface area contributed by atoms with Gasteiger partial charge in [0.05, 0.1) is 6.54 Å². The summed E-state index contributed by atoms with van der Waals surface area (Å²) in [5, 5.41) is 7.44. The number of benzene rings is 2. The maximum absolute atomic E-state index is 5.32. The Bertz CT molecular complexity index is 804. The highest BCUT2D eigenvalue weighted by molar-refractivity contribution is 9.10. The zero-order valence-electron chi connectivity index (χ0n) is 12.5. The van der Waals surface area contributed by atoms with Crippen molar-refractivity contribution in [1.82, 2.24) is 15.5 Å². The van der Waals surface area contributed by atoms with Gasteiger partial charge in [0.25, 0.3) is 0 Å². The third-order valence-corrected chi connectivity index (χ3v) is 4.70. The Morgan fingerprint density at radius 2 is 1.96 bits per heavy atom. The van der Waals surface area contributed by atoms with E-state index in [9.17, 15) is 0 Å². The monoisotopic (exact) mass is 435 g/mol. The molecule has 23 heavy (non-hydrogen) atoms. The molecule has 1 aromatic heterocycles. The Balaban J connectivity index is 1.67. The van der Waals surface area contributed by atoms with Gasteiger partial charge in [-0.3, -0.25) is 0 Å². The van der Waals surface area contributed by atoms with Gasteiger partial charge in [-0.2, -0.15) is 4.98 Å². The lowest BCUT2D eigenvalue weighted by Gasteiger charge is -2.14. The molecule has 0 saturated heterocycles. The second kappa shape index (κ2) is 7.38. The quantitative estimate of drug-likeness (QED) is 0.603. The van der Waals surface area contributed by atoms with Gasteiger partial charge in [-0.05, 0) is 30.7 Å². The molecule has 118 valence electrons. The minimum Gasteiger partial charge on any atom is -0.338 e.